The number of ketones is 2. The van der Waals surface area contributed by atoms with Gasteiger partial charge >= 0.3 is 11.9 Å². The smallest absolute Gasteiger partial charge is 0.335 e. The van der Waals surface area contributed by atoms with Crippen molar-refractivity contribution in [2.24, 2.45) is 0 Å². The van der Waals surface area contributed by atoms with Crippen molar-refractivity contribution in [3.05, 3.63) is 70.8 Å². The molecular formula is C28H34O6S4. The average Bonchev–Trinajstić information content (AvgIpc) is 2.93. The summed E-state index contributed by atoms with van der Waals surface area (Å²) >= 11 is 3.33. The quantitative estimate of drug-likeness (QED) is 0.0974. The van der Waals surface area contributed by atoms with E-state index in [1.165, 1.54) is 24.3 Å². The Kier molecular flexibility index (Phi) is 15.0. The molecule has 0 spiro atoms. The standard InChI is InChI=1S/C28H34O6S4/c1-3-23(25(29)19-7-11-21(12-8-19)27(31)32)35-15-5-17-37-38-18-6-16-36-24(4-2)26(30)20-9-13-22(14-10-20)28(33)34/h7-14,23-24H,3-6,15-18H2,1-2H3,(H,31,32)(H,33,34). The minimum absolute atomic E-state index is 0.0510. The minimum atomic E-state index is -0.998. The summed E-state index contributed by atoms with van der Waals surface area (Å²) in [6.07, 6.45) is 3.48. The summed E-state index contributed by atoms with van der Waals surface area (Å²) in [7, 11) is 3.66. The highest BCUT2D eigenvalue weighted by Crippen LogP contribution is 2.27. The Morgan fingerprint density at radius 3 is 1.18 bits per heavy atom. The molecule has 2 rings (SSSR count). The first-order valence-electron chi connectivity index (χ1n) is 12.5. The minimum Gasteiger partial charge on any atom is -0.478 e. The third-order valence-corrected chi connectivity index (χ3v) is 11.2. The van der Waals surface area contributed by atoms with Crippen LogP contribution in [0.2, 0.25) is 0 Å². The number of carboxylic acid groups (broad SMARTS) is 2. The molecule has 2 aromatic rings. The van der Waals surface area contributed by atoms with E-state index >= 15 is 0 Å². The monoisotopic (exact) mass is 594 g/mol. The molecule has 0 bridgehead atoms. The van der Waals surface area contributed by atoms with E-state index in [0.29, 0.717) is 11.1 Å². The molecule has 0 aliphatic carbocycles. The van der Waals surface area contributed by atoms with Gasteiger partial charge in [0.25, 0.3) is 0 Å². The maximum absolute atomic E-state index is 12.7. The second kappa shape index (κ2) is 17.7. The SMILES string of the molecule is CCC(SCCCSSCCCSC(CC)C(=O)c1ccc(C(=O)O)cc1)C(=O)c1ccc(C(=O)O)cc1. The number of hydrogen-bond acceptors (Lipinski definition) is 8. The van der Waals surface area contributed by atoms with Gasteiger partial charge in [0.2, 0.25) is 0 Å². The van der Waals surface area contributed by atoms with Crippen LogP contribution in [-0.4, -0.2) is 67.2 Å². The van der Waals surface area contributed by atoms with E-state index in [1.54, 1.807) is 47.8 Å². The van der Waals surface area contributed by atoms with E-state index in [9.17, 15) is 19.2 Å². The zero-order valence-electron chi connectivity index (χ0n) is 21.6. The van der Waals surface area contributed by atoms with Gasteiger partial charge in [-0.05, 0) is 61.5 Å². The maximum atomic E-state index is 12.7. The topological polar surface area (TPSA) is 109 Å². The van der Waals surface area contributed by atoms with Crippen molar-refractivity contribution in [2.75, 3.05) is 23.0 Å². The van der Waals surface area contributed by atoms with Gasteiger partial charge in [-0.15, -0.1) is 0 Å². The third kappa shape index (κ3) is 10.7. The van der Waals surface area contributed by atoms with E-state index in [-0.39, 0.29) is 33.2 Å². The van der Waals surface area contributed by atoms with Crippen molar-refractivity contribution >= 4 is 68.6 Å². The van der Waals surface area contributed by atoms with Crippen molar-refractivity contribution in [2.45, 2.75) is 50.0 Å². The summed E-state index contributed by atoms with van der Waals surface area (Å²) in [5, 5.41) is 17.8. The molecule has 2 N–H and O–H groups in total. The Labute approximate surface area is 240 Å². The highest BCUT2D eigenvalue weighted by atomic mass is 33.1. The van der Waals surface area contributed by atoms with Crippen molar-refractivity contribution in [3.63, 3.8) is 0 Å². The zero-order chi connectivity index (χ0) is 27.9. The van der Waals surface area contributed by atoms with Gasteiger partial charge in [0.15, 0.2) is 11.6 Å². The normalized spacial score (nSPS) is 12.6. The number of hydrogen-bond donors (Lipinski definition) is 2. The molecule has 0 amide bonds. The van der Waals surface area contributed by atoms with Crippen LogP contribution < -0.4 is 0 Å². The fraction of sp³-hybridized carbons (Fsp3) is 0.429. The fourth-order valence-electron chi connectivity index (χ4n) is 3.49. The van der Waals surface area contributed by atoms with Crippen molar-refractivity contribution in [3.8, 4) is 0 Å². The zero-order valence-corrected chi connectivity index (χ0v) is 24.9. The lowest BCUT2D eigenvalue weighted by molar-refractivity contribution is 0.0686. The molecule has 0 aromatic heterocycles. The van der Waals surface area contributed by atoms with E-state index in [1.807, 2.05) is 35.4 Å². The summed E-state index contributed by atoms with van der Waals surface area (Å²) in [6.45, 7) is 3.99. The van der Waals surface area contributed by atoms with Crippen LogP contribution in [0, 0.1) is 0 Å². The fourth-order valence-corrected chi connectivity index (χ4v) is 8.27. The Morgan fingerprint density at radius 1 is 0.579 bits per heavy atom. The predicted molar refractivity (Wildman–Crippen MR) is 163 cm³/mol. The first kappa shape index (κ1) is 32.3. The van der Waals surface area contributed by atoms with Crippen LogP contribution >= 0.6 is 45.1 Å². The lowest BCUT2D eigenvalue weighted by Crippen LogP contribution is -2.17. The highest BCUT2D eigenvalue weighted by Gasteiger charge is 2.20. The molecule has 0 saturated heterocycles. The first-order valence-corrected chi connectivity index (χ1v) is 17.1. The molecule has 0 aliphatic heterocycles. The van der Waals surface area contributed by atoms with Gasteiger partial charge in [-0.2, -0.15) is 23.5 Å². The van der Waals surface area contributed by atoms with Crippen LogP contribution in [0.1, 0.15) is 81.0 Å². The number of benzene rings is 2. The first-order chi connectivity index (χ1) is 18.3. The molecule has 0 fully saturated rings. The molecule has 0 saturated carbocycles. The van der Waals surface area contributed by atoms with Crippen LogP contribution in [0.4, 0.5) is 0 Å². The molecule has 2 atom stereocenters. The van der Waals surface area contributed by atoms with Gasteiger partial charge in [0.05, 0.1) is 21.6 Å². The van der Waals surface area contributed by atoms with Gasteiger partial charge in [-0.1, -0.05) is 59.7 Å². The van der Waals surface area contributed by atoms with E-state index in [4.69, 9.17) is 10.2 Å². The van der Waals surface area contributed by atoms with Gasteiger partial charge in [0.1, 0.15) is 0 Å². The van der Waals surface area contributed by atoms with Crippen molar-refractivity contribution in [1.82, 2.24) is 0 Å². The number of carbonyl (C=O) groups excluding carboxylic acids is 2. The Hall–Kier alpha value is -1.88. The highest BCUT2D eigenvalue weighted by molar-refractivity contribution is 8.76. The maximum Gasteiger partial charge on any atom is 0.335 e. The van der Waals surface area contributed by atoms with E-state index < -0.39 is 11.9 Å². The lowest BCUT2D eigenvalue weighted by Gasteiger charge is -2.14. The average molecular weight is 595 g/mol. The summed E-state index contributed by atoms with van der Waals surface area (Å²) < 4.78 is 0. The Morgan fingerprint density at radius 2 is 0.895 bits per heavy atom. The molecular weight excluding hydrogens is 561 g/mol. The van der Waals surface area contributed by atoms with E-state index in [0.717, 1.165) is 48.7 Å². The predicted octanol–water partition coefficient (Wildman–Crippen LogP) is 7.33. The van der Waals surface area contributed by atoms with Gasteiger partial charge in [0, 0.05) is 22.6 Å². The molecule has 2 aromatic carbocycles. The van der Waals surface area contributed by atoms with Crippen LogP contribution in [0.3, 0.4) is 0 Å². The summed E-state index contributed by atoms with van der Waals surface area (Å²) in [4.78, 5) is 47.4. The molecule has 10 heteroatoms. The van der Waals surface area contributed by atoms with Crippen LogP contribution in [0.5, 0.6) is 0 Å². The van der Waals surface area contributed by atoms with Crippen LogP contribution in [-0.2, 0) is 0 Å². The number of carbonyl (C=O) groups is 4. The summed E-state index contributed by atoms with van der Waals surface area (Å²) in [5.41, 5.74) is 1.47. The Balaban J connectivity index is 1.58. The molecule has 0 radical (unpaired) electrons. The number of Topliss-reactive ketones (excluding diaryl/α,β-unsaturated/α-hetero) is 2. The van der Waals surface area contributed by atoms with Crippen molar-refractivity contribution < 1.29 is 29.4 Å². The van der Waals surface area contributed by atoms with Gasteiger partial charge in [-0.3, -0.25) is 9.59 Å². The van der Waals surface area contributed by atoms with Gasteiger partial charge < -0.3 is 10.2 Å². The van der Waals surface area contributed by atoms with Crippen molar-refractivity contribution in [1.29, 1.82) is 0 Å². The number of thioether (sulfide) groups is 2. The number of aromatic carboxylic acids is 2. The summed E-state index contributed by atoms with van der Waals surface area (Å²) in [6, 6.07) is 12.3. The number of carboxylic acids is 2. The third-order valence-electron chi connectivity index (χ3n) is 5.62. The van der Waals surface area contributed by atoms with E-state index in [2.05, 4.69) is 0 Å². The van der Waals surface area contributed by atoms with Crippen LogP contribution in [0.15, 0.2) is 48.5 Å². The Bertz CT molecular complexity index is 971. The molecule has 206 valence electrons. The van der Waals surface area contributed by atoms with Crippen LogP contribution in [0.25, 0.3) is 0 Å². The largest absolute Gasteiger partial charge is 0.478 e. The second-order valence-corrected chi connectivity index (χ2v) is 13.7. The molecule has 2 unspecified atom stereocenters. The molecule has 6 nitrogen and oxygen atoms in total. The summed E-state index contributed by atoms with van der Waals surface area (Å²) in [5.74, 6) is 1.91. The molecule has 0 heterocycles. The molecule has 38 heavy (non-hydrogen) atoms. The number of rotatable bonds is 19. The second-order valence-electron chi connectivity index (χ2n) is 8.38. The van der Waals surface area contributed by atoms with Gasteiger partial charge in [-0.25, -0.2) is 9.59 Å². The lowest BCUT2D eigenvalue weighted by atomic mass is 10.0. The molecule has 0 aliphatic rings.